The Bertz CT molecular complexity index is 1080. The molecule has 1 amide bonds. The van der Waals surface area contributed by atoms with Crippen molar-refractivity contribution in [1.29, 1.82) is 5.26 Å². The summed E-state index contributed by atoms with van der Waals surface area (Å²) in [7, 11) is 3.35. The molecule has 28 heavy (non-hydrogen) atoms. The molecule has 0 aliphatic heterocycles. The van der Waals surface area contributed by atoms with Gasteiger partial charge in [-0.05, 0) is 24.3 Å². The van der Waals surface area contributed by atoms with Crippen molar-refractivity contribution in [2.24, 2.45) is 0 Å². The molecule has 0 fully saturated rings. The molecule has 10 heteroatoms. The summed E-state index contributed by atoms with van der Waals surface area (Å²) in [5.41, 5.74) is 0.391. The maximum absolute atomic E-state index is 12.7. The Balaban J connectivity index is 1.98. The number of nitro groups is 1. The lowest BCUT2D eigenvalue weighted by Gasteiger charge is -2.13. The van der Waals surface area contributed by atoms with Crippen LogP contribution in [0.5, 0.6) is 0 Å². The molecule has 0 saturated heterocycles. The molecule has 3 rings (SSSR count). The van der Waals surface area contributed by atoms with Crippen LogP contribution >= 0.6 is 0 Å². The van der Waals surface area contributed by atoms with Gasteiger partial charge in [-0.1, -0.05) is 6.07 Å². The van der Waals surface area contributed by atoms with Gasteiger partial charge in [0.15, 0.2) is 11.6 Å². The van der Waals surface area contributed by atoms with Gasteiger partial charge < -0.3 is 10.2 Å². The van der Waals surface area contributed by atoms with Crippen LogP contribution in [-0.2, 0) is 0 Å². The van der Waals surface area contributed by atoms with E-state index in [-0.39, 0.29) is 22.6 Å². The minimum Gasteiger partial charge on any atom is -0.372 e. The average molecular weight is 377 g/mol. The van der Waals surface area contributed by atoms with Crippen LogP contribution in [0.1, 0.15) is 15.9 Å². The molecule has 1 aromatic carbocycles. The highest BCUT2D eigenvalue weighted by Gasteiger charge is 2.21. The number of hydrogen-bond donors (Lipinski definition) is 1. The number of nitro benzene ring substituents is 1. The predicted octanol–water partition coefficient (Wildman–Crippen LogP) is 2.37. The van der Waals surface area contributed by atoms with Gasteiger partial charge in [-0.2, -0.15) is 15.0 Å². The van der Waals surface area contributed by atoms with Crippen molar-refractivity contribution in [3.05, 3.63) is 70.0 Å². The van der Waals surface area contributed by atoms with Crippen LogP contribution in [-0.4, -0.2) is 39.7 Å². The van der Waals surface area contributed by atoms with E-state index in [0.29, 0.717) is 11.5 Å². The van der Waals surface area contributed by atoms with Crippen molar-refractivity contribution in [2.45, 2.75) is 0 Å². The number of anilines is 2. The average Bonchev–Trinajstić information content (AvgIpc) is 3.10. The van der Waals surface area contributed by atoms with E-state index in [1.54, 1.807) is 43.4 Å². The second-order valence-corrected chi connectivity index (χ2v) is 5.93. The number of carbonyl (C=O) groups excluding carboxylic acids is 1. The van der Waals surface area contributed by atoms with Gasteiger partial charge in [0.2, 0.25) is 0 Å². The van der Waals surface area contributed by atoms with Gasteiger partial charge in [-0.3, -0.25) is 14.9 Å². The number of nitriles is 1. The molecule has 3 aromatic rings. The van der Waals surface area contributed by atoms with E-state index >= 15 is 0 Å². The summed E-state index contributed by atoms with van der Waals surface area (Å²) in [4.78, 5) is 29.2. The molecule has 0 aliphatic rings. The largest absolute Gasteiger partial charge is 0.372 e. The van der Waals surface area contributed by atoms with Crippen molar-refractivity contribution in [1.82, 2.24) is 14.8 Å². The lowest BCUT2D eigenvalue weighted by molar-refractivity contribution is -0.384. The SMILES string of the molecule is CN(C)c1ccc(C(=O)Nc2c(C#N)cnn2-c2ccccn2)cc1[N+](=O)[O-]. The molecule has 0 radical (unpaired) electrons. The molecule has 0 atom stereocenters. The lowest BCUT2D eigenvalue weighted by atomic mass is 10.1. The third-order valence-electron chi connectivity index (χ3n) is 3.90. The second kappa shape index (κ2) is 7.55. The highest BCUT2D eigenvalue weighted by atomic mass is 16.6. The number of nitrogens with one attached hydrogen (secondary N) is 1. The van der Waals surface area contributed by atoms with E-state index in [2.05, 4.69) is 15.4 Å². The van der Waals surface area contributed by atoms with Crippen molar-refractivity contribution in [2.75, 3.05) is 24.3 Å². The fourth-order valence-electron chi connectivity index (χ4n) is 2.57. The van der Waals surface area contributed by atoms with E-state index in [1.807, 2.05) is 6.07 Å². The highest BCUT2D eigenvalue weighted by molar-refractivity contribution is 6.05. The zero-order chi connectivity index (χ0) is 20.3. The Hall–Kier alpha value is -4.26. The minimum atomic E-state index is -0.609. The molecular weight excluding hydrogens is 362 g/mol. The summed E-state index contributed by atoms with van der Waals surface area (Å²) in [6.45, 7) is 0. The molecule has 10 nitrogen and oxygen atoms in total. The smallest absolute Gasteiger partial charge is 0.293 e. The van der Waals surface area contributed by atoms with Crippen molar-refractivity contribution >= 4 is 23.1 Å². The zero-order valence-electron chi connectivity index (χ0n) is 15.0. The standard InChI is InChI=1S/C18H15N7O3/c1-23(2)14-7-6-12(9-15(14)25(27)28)18(26)22-17-13(10-19)11-21-24(17)16-5-3-4-8-20-16/h3-9,11H,1-2H3,(H,22,26). The molecule has 2 heterocycles. The molecule has 0 unspecified atom stereocenters. The molecular formula is C18H15N7O3. The number of benzene rings is 1. The van der Waals surface area contributed by atoms with E-state index in [9.17, 15) is 20.2 Å². The zero-order valence-corrected chi connectivity index (χ0v) is 15.0. The van der Waals surface area contributed by atoms with Gasteiger partial charge in [-0.25, -0.2) is 4.98 Å². The number of aromatic nitrogens is 3. The van der Waals surface area contributed by atoms with Gasteiger partial charge in [0.25, 0.3) is 11.6 Å². The third kappa shape index (κ3) is 3.49. The Labute approximate surface area is 159 Å². The molecule has 140 valence electrons. The normalized spacial score (nSPS) is 10.2. The van der Waals surface area contributed by atoms with Crippen LogP contribution in [0.15, 0.2) is 48.8 Å². The predicted molar refractivity (Wildman–Crippen MR) is 101 cm³/mol. The lowest BCUT2D eigenvalue weighted by Crippen LogP contribution is -2.17. The molecule has 0 bridgehead atoms. The Kier molecular flexibility index (Phi) is 4.99. The Morgan fingerprint density at radius 3 is 2.71 bits per heavy atom. The van der Waals surface area contributed by atoms with Crippen LogP contribution in [0.4, 0.5) is 17.2 Å². The maximum atomic E-state index is 12.7. The number of amides is 1. The van der Waals surface area contributed by atoms with Gasteiger partial charge in [0, 0.05) is 31.9 Å². The van der Waals surface area contributed by atoms with Gasteiger partial charge in [0.1, 0.15) is 17.3 Å². The number of carbonyl (C=O) groups is 1. The third-order valence-corrected chi connectivity index (χ3v) is 3.90. The van der Waals surface area contributed by atoms with Gasteiger partial charge in [0.05, 0.1) is 11.1 Å². The number of rotatable bonds is 5. The first kappa shape index (κ1) is 18.5. The topological polar surface area (TPSA) is 130 Å². The van der Waals surface area contributed by atoms with Crippen LogP contribution in [0.25, 0.3) is 5.82 Å². The summed E-state index contributed by atoms with van der Waals surface area (Å²) < 4.78 is 1.32. The fraction of sp³-hybridized carbons (Fsp3) is 0.111. The fourth-order valence-corrected chi connectivity index (χ4v) is 2.57. The van der Waals surface area contributed by atoms with Crippen LogP contribution in [0, 0.1) is 21.4 Å². The molecule has 0 saturated carbocycles. The monoisotopic (exact) mass is 377 g/mol. The summed E-state index contributed by atoms with van der Waals surface area (Å²) in [5.74, 6) is -0.0682. The van der Waals surface area contributed by atoms with Gasteiger partial charge in [-0.15, -0.1) is 0 Å². The van der Waals surface area contributed by atoms with E-state index in [4.69, 9.17) is 0 Å². The second-order valence-electron chi connectivity index (χ2n) is 5.93. The summed E-state index contributed by atoms with van der Waals surface area (Å²) in [6.07, 6.45) is 2.86. The summed E-state index contributed by atoms with van der Waals surface area (Å²) in [6, 6.07) is 11.3. The first-order valence-electron chi connectivity index (χ1n) is 8.09. The minimum absolute atomic E-state index is 0.0787. The molecule has 0 spiro atoms. The van der Waals surface area contributed by atoms with E-state index in [1.165, 1.54) is 29.1 Å². The Morgan fingerprint density at radius 2 is 2.11 bits per heavy atom. The highest BCUT2D eigenvalue weighted by Crippen LogP contribution is 2.28. The molecule has 1 N–H and O–H groups in total. The summed E-state index contributed by atoms with van der Waals surface area (Å²) >= 11 is 0. The number of nitrogens with zero attached hydrogens (tertiary/aromatic N) is 6. The Morgan fingerprint density at radius 1 is 1.32 bits per heavy atom. The van der Waals surface area contributed by atoms with Crippen LogP contribution in [0.2, 0.25) is 0 Å². The number of hydrogen-bond acceptors (Lipinski definition) is 7. The van der Waals surface area contributed by atoms with Crippen LogP contribution < -0.4 is 10.2 Å². The molecule has 2 aromatic heterocycles. The number of pyridine rings is 1. The van der Waals surface area contributed by atoms with Crippen molar-refractivity contribution in [3.63, 3.8) is 0 Å². The first-order chi connectivity index (χ1) is 13.4. The first-order valence-corrected chi connectivity index (χ1v) is 8.09. The van der Waals surface area contributed by atoms with Crippen LogP contribution in [0.3, 0.4) is 0 Å². The van der Waals surface area contributed by atoms with Crippen molar-refractivity contribution in [3.8, 4) is 11.9 Å². The van der Waals surface area contributed by atoms with E-state index in [0.717, 1.165) is 0 Å². The maximum Gasteiger partial charge on any atom is 0.293 e. The summed E-state index contributed by atoms with van der Waals surface area (Å²) in [5, 5.41) is 27.3. The quantitative estimate of drug-likeness (QED) is 0.533. The van der Waals surface area contributed by atoms with Gasteiger partial charge >= 0.3 is 0 Å². The van der Waals surface area contributed by atoms with E-state index < -0.39 is 10.8 Å². The van der Waals surface area contributed by atoms with Crippen molar-refractivity contribution < 1.29 is 9.72 Å². The molecule has 0 aliphatic carbocycles.